The molecule has 1 aromatic heterocycles. The van der Waals surface area contributed by atoms with Crippen LogP contribution in [-0.4, -0.2) is 36.0 Å². The second-order valence-electron chi connectivity index (χ2n) is 10.1. The molecule has 1 aliphatic heterocycles. The molecule has 1 saturated heterocycles. The van der Waals surface area contributed by atoms with Gasteiger partial charge in [-0.15, -0.1) is 0 Å². The predicted octanol–water partition coefficient (Wildman–Crippen LogP) is 4.06. The third kappa shape index (κ3) is 3.16. The van der Waals surface area contributed by atoms with E-state index in [1.54, 1.807) is 42.6 Å². The van der Waals surface area contributed by atoms with Crippen LogP contribution in [0.4, 0.5) is 5.69 Å². The Morgan fingerprint density at radius 1 is 0.900 bits per heavy atom. The molecule has 2 atom stereocenters. The number of pyridine rings is 1. The number of hydrogen-bond donors (Lipinski definition) is 1. The molecule has 3 aromatic carbocycles. The van der Waals surface area contributed by atoms with Gasteiger partial charge in [0.15, 0.2) is 0 Å². The molecule has 0 saturated carbocycles. The quantitative estimate of drug-likeness (QED) is 0.239. The van der Waals surface area contributed by atoms with E-state index in [2.05, 4.69) is 15.5 Å². The summed E-state index contributed by atoms with van der Waals surface area (Å²) in [5.41, 5.74) is 6.15. The Balaban J connectivity index is 1.42. The summed E-state index contributed by atoms with van der Waals surface area (Å²) in [6.45, 7) is 0. The highest BCUT2D eigenvalue weighted by atomic mass is 16.5. The van der Waals surface area contributed by atoms with Gasteiger partial charge in [0.05, 0.1) is 30.0 Å². The van der Waals surface area contributed by atoms with E-state index in [9.17, 15) is 14.4 Å². The molecule has 8 heteroatoms. The Morgan fingerprint density at radius 3 is 2.20 bits per heavy atom. The lowest BCUT2D eigenvalue weighted by molar-refractivity contribution is -0.122. The van der Waals surface area contributed by atoms with E-state index < -0.39 is 23.2 Å². The monoisotopic (exact) mass is 528 g/mol. The van der Waals surface area contributed by atoms with Gasteiger partial charge in [0.2, 0.25) is 11.8 Å². The topological polar surface area (TPSA) is 101 Å². The minimum atomic E-state index is -1.08. The van der Waals surface area contributed by atoms with Crippen LogP contribution in [0.5, 0.6) is 5.75 Å². The number of rotatable bonds is 5. The molecule has 0 unspecified atom stereocenters. The SMILES string of the molecule is COc1ccccc1N1C(=O)[C@H]2C3c4ccccc4C(/C=N\NC(=O)c4ccncc4)(c4ccccc43)[C@H]2C1=O. The smallest absolute Gasteiger partial charge is 0.271 e. The summed E-state index contributed by atoms with van der Waals surface area (Å²) in [6.07, 6.45) is 4.71. The van der Waals surface area contributed by atoms with Gasteiger partial charge in [0.25, 0.3) is 5.91 Å². The number of benzene rings is 3. The number of carbonyl (C=O) groups excluding carboxylic acids is 3. The second-order valence-corrected chi connectivity index (χ2v) is 10.1. The van der Waals surface area contributed by atoms with Crippen LogP contribution in [0.15, 0.2) is 102 Å². The maximum atomic E-state index is 14.4. The second kappa shape index (κ2) is 8.98. The largest absolute Gasteiger partial charge is 0.495 e. The Morgan fingerprint density at radius 2 is 1.52 bits per heavy atom. The fourth-order valence-electron chi connectivity index (χ4n) is 6.86. The lowest BCUT2D eigenvalue weighted by Gasteiger charge is -2.52. The molecule has 1 N–H and O–H groups in total. The van der Waals surface area contributed by atoms with Crippen molar-refractivity contribution in [2.45, 2.75) is 11.3 Å². The van der Waals surface area contributed by atoms with Gasteiger partial charge in [-0.2, -0.15) is 5.10 Å². The van der Waals surface area contributed by atoms with E-state index in [1.807, 2.05) is 48.5 Å². The van der Waals surface area contributed by atoms with Crippen molar-refractivity contribution in [1.29, 1.82) is 0 Å². The molecule has 3 aliphatic carbocycles. The third-order valence-electron chi connectivity index (χ3n) is 8.39. The molecule has 2 heterocycles. The van der Waals surface area contributed by atoms with Crippen LogP contribution < -0.4 is 15.1 Å². The van der Waals surface area contributed by atoms with Crippen molar-refractivity contribution in [3.05, 3.63) is 125 Å². The number of methoxy groups -OCH3 is 1. The molecule has 40 heavy (non-hydrogen) atoms. The number of para-hydroxylation sites is 2. The number of nitrogens with zero attached hydrogens (tertiary/aromatic N) is 3. The summed E-state index contributed by atoms with van der Waals surface area (Å²) in [5.74, 6) is -2.26. The molecule has 196 valence electrons. The zero-order valence-electron chi connectivity index (χ0n) is 21.5. The highest BCUT2D eigenvalue weighted by Gasteiger charge is 2.68. The van der Waals surface area contributed by atoms with Crippen molar-refractivity contribution in [3.63, 3.8) is 0 Å². The van der Waals surface area contributed by atoms with E-state index in [-0.39, 0.29) is 17.7 Å². The summed E-state index contributed by atoms with van der Waals surface area (Å²) in [6, 6.07) is 26.0. The first-order valence-electron chi connectivity index (χ1n) is 13.0. The maximum absolute atomic E-state index is 14.4. The molecular weight excluding hydrogens is 504 g/mol. The van der Waals surface area contributed by atoms with E-state index in [4.69, 9.17) is 4.74 Å². The van der Waals surface area contributed by atoms with E-state index in [0.29, 0.717) is 17.0 Å². The molecule has 8 nitrogen and oxygen atoms in total. The van der Waals surface area contributed by atoms with E-state index in [1.165, 1.54) is 24.4 Å². The first kappa shape index (κ1) is 24.0. The predicted molar refractivity (Wildman–Crippen MR) is 148 cm³/mol. The van der Waals surface area contributed by atoms with Gasteiger partial charge in [0.1, 0.15) is 5.75 Å². The minimum Gasteiger partial charge on any atom is -0.495 e. The van der Waals surface area contributed by atoms with Crippen LogP contribution in [-0.2, 0) is 15.0 Å². The van der Waals surface area contributed by atoms with Crippen molar-refractivity contribution in [2.24, 2.45) is 16.9 Å². The lowest BCUT2D eigenvalue weighted by atomic mass is 9.47. The summed E-state index contributed by atoms with van der Waals surface area (Å²) < 4.78 is 5.53. The molecule has 4 aromatic rings. The number of nitrogens with one attached hydrogen (secondary N) is 1. The van der Waals surface area contributed by atoms with Crippen molar-refractivity contribution in [1.82, 2.24) is 10.4 Å². The molecule has 4 aliphatic rings. The number of anilines is 1. The van der Waals surface area contributed by atoms with Crippen LogP contribution >= 0.6 is 0 Å². The van der Waals surface area contributed by atoms with Crippen molar-refractivity contribution < 1.29 is 19.1 Å². The van der Waals surface area contributed by atoms with Crippen LogP contribution in [0.25, 0.3) is 0 Å². The molecular formula is C32H24N4O4. The van der Waals surface area contributed by atoms with Crippen LogP contribution in [0.3, 0.4) is 0 Å². The van der Waals surface area contributed by atoms with Crippen molar-refractivity contribution in [2.75, 3.05) is 12.0 Å². The van der Waals surface area contributed by atoms with Crippen LogP contribution in [0.2, 0.25) is 0 Å². The zero-order chi connectivity index (χ0) is 27.4. The number of ether oxygens (including phenoxy) is 1. The van der Waals surface area contributed by atoms with Gasteiger partial charge >= 0.3 is 0 Å². The molecule has 1 fully saturated rings. The lowest BCUT2D eigenvalue weighted by Crippen LogP contribution is -2.54. The number of imide groups is 1. The summed E-state index contributed by atoms with van der Waals surface area (Å²) in [7, 11) is 1.52. The Bertz CT molecular complexity index is 1670. The first-order valence-corrected chi connectivity index (χ1v) is 13.0. The standard InChI is InChI=1S/C32H24N4O4/c1-40-25-13-7-6-12-24(25)36-30(38)27-26-20-8-2-4-10-22(20)32(28(27)31(36)39,23-11-5-3-9-21(23)26)18-34-35-29(37)19-14-16-33-17-15-19/h2-18,26-28H,1H3,(H,35,37)/b34-18-/t26?,27-,28+,32?/m0/s1. The summed E-state index contributed by atoms with van der Waals surface area (Å²) in [5, 5.41) is 4.44. The average Bonchev–Trinajstić information content (AvgIpc) is 3.28. The Hall–Kier alpha value is -5.11. The van der Waals surface area contributed by atoms with Crippen molar-refractivity contribution in [3.8, 4) is 5.75 Å². The van der Waals surface area contributed by atoms with E-state index >= 15 is 0 Å². The van der Waals surface area contributed by atoms with Gasteiger partial charge in [-0.25, -0.2) is 10.3 Å². The summed E-state index contributed by atoms with van der Waals surface area (Å²) >= 11 is 0. The highest BCUT2D eigenvalue weighted by molar-refractivity contribution is 6.25. The normalized spacial score (nSPS) is 24.0. The van der Waals surface area contributed by atoms with Crippen molar-refractivity contribution >= 4 is 29.6 Å². The number of hydrazone groups is 1. The first-order chi connectivity index (χ1) is 19.6. The number of amides is 3. The van der Waals surface area contributed by atoms with Gasteiger partial charge < -0.3 is 4.74 Å². The van der Waals surface area contributed by atoms with E-state index in [0.717, 1.165) is 22.3 Å². The van der Waals surface area contributed by atoms with Gasteiger partial charge in [-0.3, -0.25) is 19.4 Å². The summed E-state index contributed by atoms with van der Waals surface area (Å²) in [4.78, 5) is 46.8. The van der Waals surface area contributed by atoms with Crippen LogP contribution in [0.1, 0.15) is 38.5 Å². The van der Waals surface area contributed by atoms with Crippen LogP contribution in [0, 0.1) is 11.8 Å². The fourth-order valence-corrected chi connectivity index (χ4v) is 6.86. The molecule has 2 bridgehead atoms. The number of aromatic nitrogens is 1. The Kier molecular flexibility index (Phi) is 5.38. The van der Waals surface area contributed by atoms with Gasteiger partial charge in [-0.1, -0.05) is 60.7 Å². The molecule has 0 radical (unpaired) electrons. The number of carbonyl (C=O) groups is 3. The molecule has 0 spiro atoms. The zero-order valence-corrected chi connectivity index (χ0v) is 21.5. The van der Waals surface area contributed by atoms with Gasteiger partial charge in [-0.05, 0) is 46.5 Å². The average molecular weight is 529 g/mol. The highest BCUT2D eigenvalue weighted by Crippen LogP contribution is 2.63. The maximum Gasteiger partial charge on any atom is 0.271 e. The Labute approximate surface area is 230 Å². The number of hydrogen-bond acceptors (Lipinski definition) is 6. The fraction of sp³-hybridized carbons (Fsp3) is 0.156. The molecule has 3 amide bonds. The van der Waals surface area contributed by atoms with Gasteiger partial charge in [0, 0.05) is 30.1 Å². The minimum absolute atomic E-state index is 0.271. The third-order valence-corrected chi connectivity index (χ3v) is 8.39. The molecule has 8 rings (SSSR count).